The van der Waals surface area contributed by atoms with Crippen LogP contribution in [0.2, 0.25) is 0 Å². The summed E-state index contributed by atoms with van der Waals surface area (Å²) in [5.41, 5.74) is 1.13. The first-order valence-corrected chi connectivity index (χ1v) is 8.32. The molecule has 0 bridgehead atoms. The normalized spacial score (nSPS) is 12.3. The van der Waals surface area contributed by atoms with E-state index < -0.39 is 10.0 Å². The fraction of sp³-hybridized carbons (Fsp3) is 0.538. The van der Waals surface area contributed by atoms with Crippen molar-refractivity contribution in [1.29, 1.82) is 0 Å². The maximum Gasteiger partial charge on any atom is 0.228 e. The van der Waals surface area contributed by atoms with Crippen molar-refractivity contribution >= 4 is 21.6 Å². The second kappa shape index (κ2) is 7.85. The standard InChI is InChI=1S/C13H21ClN2O2S/c1-15(2)10-11-16(19(17,18)12-14)9-8-13-6-4-3-5-7-13/h3-7H,8-12H2,1-2H3. The molecule has 0 amide bonds. The molecule has 1 rings (SSSR count). The molecule has 0 spiro atoms. The van der Waals surface area contributed by atoms with Gasteiger partial charge in [-0.1, -0.05) is 30.3 Å². The highest BCUT2D eigenvalue weighted by atomic mass is 35.5. The predicted molar refractivity (Wildman–Crippen MR) is 79.9 cm³/mol. The molecule has 108 valence electrons. The quantitative estimate of drug-likeness (QED) is 0.685. The van der Waals surface area contributed by atoms with Crippen LogP contribution in [0.1, 0.15) is 5.56 Å². The molecule has 0 fully saturated rings. The first-order valence-electron chi connectivity index (χ1n) is 6.18. The highest BCUT2D eigenvalue weighted by molar-refractivity contribution is 7.90. The van der Waals surface area contributed by atoms with Crippen LogP contribution in [0.25, 0.3) is 0 Å². The average molecular weight is 305 g/mol. The largest absolute Gasteiger partial charge is 0.308 e. The minimum Gasteiger partial charge on any atom is -0.308 e. The van der Waals surface area contributed by atoms with Crippen molar-refractivity contribution in [3.05, 3.63) is 35.9 Å². The third kappa shape index (κ3) is 5.91. The van der Waals surface area contributed by atoms with Crippen LogP contribution in [0.4, 0.5) is 0 Å². The maximum absolute atomic E-state index is 11.9. The summed E-state index contributed by atoms with van der Waals surface area (Å²) >= 11 is 5.54. The second-order valence-electron chi connectivity index (χ2n) is 4.66. The van der Waals surface area contributed by atoms with Crippen LogP contribution in [0.15, 0.2) is 30.3 Å². The number of benzene rings is 1. The van der Waals surface area contributed by atoms with Crippen molar-refractivity contribution in [2.75, 3.05) is 38.9 Å². The summed E-state index contributed by atoms with van der Waals surface area (Å²) in [5.74, 6) is 0. The van der Waals surface area contributed by atoms with Crippen LogP contribution >= 0.6 is 11.6 Å². The molecule has 1 aromatic carbocycles. The lowest BCUT2D eigenvalue weighted by Crippen LogP contribution is -2.38. The first kappa shape index (κ1) is 16.4. The maximum atomic E-state index is 11.9. The molecule has 19 heavy (non-hydrogen) atoms. The third-order valence-corrected chi connectivity index (χ3v) is 5.08. The number of halogens is 1. The van der Waals surface area contributed by atoms with Crippen LogP contribution in [0.5, 0.6) is 0 Å². The van der Waals surface area contributed by atoms with Crippen molar-refractivity contribution in [3.8, 4) is 0 Å². The van der Waals surface area contributed by atoms with Crippen LogP contribution in [0.3, 0.4) is 0 Å². The molecule has 0 atom stereocenters. The number of rotatable bonds is 8. The summed E-state index contributed by atoms with van der Waals surface area (Å²) in [7, 11) is 0.485. The lowest BCUT2D eigenvalue weighted by atomic mass is 10.1. The van der Waals surface area contributed by atoms with E-state index in [0.717, 1.165) is 5.56 Å². The summed E-state index contributed by atoms with van der Waals surface area (Å²) in [4.78, 5) is 1.96. The van der Waals surface area contributed by atoms with Gasteiger partial charge < -0.3 is 4.90 Å². The minimum atomic E-state index is -3.35. The summed E-state index contributed by atoms with van der Waals surface area (Å²) < 4.78 is 25.3. The van der Waals surface area contributed by atoms with Gasteiger partial charge in [0.1, 0.15) is 5.21 Å². The van der Waals surface area contributed by atoms with Gasteiger partial charge >= 0.3 is 0 Å². The number of likely N-dealkylation sites (N-methyl/N-ethyl adjacent to an activating group) is 1. The first-order chi connectivity index (χ1) is 8.95. The zero-order valence-corrected chi connectivity index (χ0v) is 13.0. The Kier molecular flexibility index (Phi) is 6.79. The Morgan fingerprint density at radius 3 is 2.21 bits per heavy atom. The van der Waals surface area contributed by atoms with Crippen LogP contribution in [0, 0.1) is 0 Å². The molecule has 0 saturated heterocycles. The molecule has 1 aromatic rings. The number of nitrogens with zero attached hydrogens (tertiary/aromatic N) is 2. The van der Waals surface area contributed by atoms with Crippen LogP contribution < -0.4 is 0 Å². The predicted octanol–water partition coefficient (Wildman–Crippen LogP) is 1.62. The molecule has 4 nitrogen and oxygen atoms in total. The van der Waals surface area contributed by atoms with Gasteiger partial charge in [-0.2, -0.15) is 4.31 Å². The summed E-state index contributed by atoms with van der Waals surface area (Å²) in [6.45, 7) is 1.62. The van der Waals surface area contributed by atoms with E-state index in [2.05, 4.69) is 0 Å². The van der Waals surface area contributed by atoms with Crippen molar-refractivity contribution < 1.29 is 8.42 Å². The number of sulfonamides is 1. The SMILES string of the molecule is CN(C)CCN(CCc1ccccc1)S(=O)(=O)CCl. The van der Waals surface area contributed by atoms with Crippen LogP contribution in [-0.4, -0.2) is 56.6 Å². The lowest BCUT2D eigenvalue weighted by Gasteiger charge is -2.22. The van der Waals surface area contributed by atoms with Crippen molar-refractivity contribution in [1.82, 2.24) is 9.21 Å². The molecule has 0 N–H and O–H groups in total. The molecule has 0 aromatic heterocycles. The van der Waals surface area contributed by atoms with Gasteiger partial charge in [0.2, 0.25) is 10.0 Å². The number of hydrogen-bond acceptors (Lipinski definition) is 3. The van der Waals surface area contributed by atoms with E-state index >= 15 is 0 Å². The Morgan fingerprint density at radius 1 is 1.05 bits per heavy atom. The molecular formula is C13H21ClN2O2S. The summed E-state index contributed by atoms with van der Waals surface area (Å²) in [6, 6.07) is 9.85. The van der Waals surface area contributed by atoms with Gasteiger partial charge in [0.05, 0.1) is 0 Å². The van der Waals surface area contributed by atoms with E-state index in [4.69, 9.17) is 11.6 Å². The molecule has 6 heteroatoms. The fourth-order valence-electron chi connectivity index (χ4n) is 1.67. The van der Waals surface area contributed by atoms with Gasteiger partial charge in [-0.15, -0.1) is 11.6 Å². The highest BCUT2D eigenvalue weighted by Gasteiger charge is 2.20. The minimum absolute atomic E-state index is 0.366. The average Bonchev–Trinajstić information content (AvgIpc) is 2.39. The zero-order chi connectivity index (χ0) is 14.3. The van der Waals surface area contributed by atoms with Gasteiger partial charge in [0.15, 0.2) is 0 Å². The molecule has 0 radical (unpaired) electrons. The molecule has 0 aliphatic carbocycles. The highest BCUT2D eigenvalue weighted by Crippen LogP contribution is 2.07. The third-order valence-electron chi connectivity index (χ3n) is 2.82. The lowest BCUT2D eigenvalue weighted by molar-refractivity contribution is 0.335. The van der Waals surface area contributed by atoms with E-state index in [1.807, 2.05) is 49.3 Å². The zero-order valence-electron chi connectivity index (χ0n) is 11.4. The van der Waals surface area contributed by atoms with E-state index in [1.54, 1.807) is 0 Å². The summed E-state index contributed by atoms with van der Waals surface area (Å²) in [5, 5.41) is -0.366. The molecule has 0 saturated carbocycles. The van der Waals surface area contributed by atoms with E-state index in [9.17, 15) is 8.42 Å². The van der Waals surface area contributed by atoms with Gasteiger partial charge in [-0.05, 0) is 26.1 Å². The van der Waals surface area contributed by atoms with Crippen molar-refractivity contribution in [2.24, 2.45) is 0 Å². The Balaban J connectivity index is 2.64. The molecular weight excluding hydrogens is 284 g/mol. The molecule has 0 heterocycles. The van der Waals surface area contributed by atoms with Crippen LogP contribution in [-0.2, 0) is 16.4 Å². The molecule has 0 aliphatic heterocycles. The van der Waals surface area contributed by atoms with Gasteiger partial charge in [-0.25, -0.2) is 8.42 Å². The van der Waals surface area contributed by atoms with Crippen molar-refractivity contribution in [3.63, 3.8) is 0 Å². The molecule has 0 unspecified atom stereocenters. The van der Waals surface area contributed by atoms with Gasteiger partial charge in [-0.3, -0.25) is 0 Å². The van der Waals surface area contributed by atoms with Crippen molar-refractivity contribution in [2.45, 2.75) is 6.42 Å². The van der Waals surface area contributed by atoms with E-state index in [1.165, 1.54) is 4.31 Å². The Morgan fingerprint density at radius 2 is 1.68 bits per heavy atom. The second-order valence-corrected chi connectivity index (χ2v) is 7.21. The smallest absolute Gasteiger partial charge is 0.228 e. The topological polar surface area (TPSA) is 40.6 Å². The summed E-state index contributed by atoms with van der Waals surface area (Å²) in [6.07, 6.45) is 0.699. The number of hydrogen-bond donors (Lipinski definition) is 0. The van der Waals surface area contributed by atoms with Gasteiger partial charge in [0, 0.05) is 19.6 Å². The Labute approximate surface area is 121 Å². The molecule has 0 aliphatic rings. The Bertz CT molecular complexity index is 463. The van der Waals surface area contributed by atoms with E-state index in [-0.39, 0.29) is 5.21 Å². The fourth-order valence-corrected chi connectivity index (χ4v) is 2.95. The Hall–Kier alpha value is -0.620. The van der Waals surface area contributed by atoms with E-state index in [0.29, 0.717) is 26.1 Å². The van der Waals surface area contributed by atoms with Gasteiger partial charge in [0.25, 0.3) is 0 Å². The number of alkyl halides is 1. The monoisotopic (exact) mass is 304 g/mol.